The molecule has 1 aliphatic carbocycles. The van der Waals surface area contributed by atoms with Gasteiger partial charge in [-0.1, -0.05) is 0 Å². The van der Waals surface area contributed by atoms with E-state index in [2.05, 4.69) is 11.1 Å². The minimum Gasteiger partial charge on any atom is -0.356 e. The first-order valence-electron chi connectivity index (χ1n) is 10.8. The Balaban J connectivity index is 1.42. The molecule has 0 N–H and O–H groups in total. The molecule has 5 nitrogen and oxygen atoms in total. The lowest BCUT2D eigenvalue weighted by Gasteiger charge is -2.41. The molecule has 1 aromatic rings. The van der Waals surface area contributed by atoms with Gasteiger partial charge in [-0.2, -0.15) is 18.4 Å². The molecule has 1 amide bonds. The Morgan fingerprint density at radius 1 is 1.17 bits per heavy atom. The molecular weight excluding hydrogens is 393 g/mol. The van der Waals surface area contributed by atoms with Crippen LogP contribution in [0.15, 0.2) is 18.3 Å². The zero-order valence-corrected chi connectivity index (χ0v) is 17.0. The third kappa shape index (κ3) is 3.99. The molecule has 0 aromatic carbocycles. The quantitative estimate of drug-likeness (QED) is 0.728. The Kier molecular flexibility index (Phi) is 5.65. The van der Waals surface area contributed by atoms with E-state index in [4.69, 9.17) is 5.26 Å². The summed E-state index contributed by atoms with van der Waals surface area (Å²) in [6, 6.07) is 4.98. The van der Waals surface area contributed by atoms with Crippen molar-refractivity contribution in [3.05, 3.63) is 23.9 Å². The highest BCUT2D eigenvalue weighted by atomic mass is 19.4. The number of hydrogen-bond acceptors (Lipinski definition) is 4. The predicted molar refractivity (Wildman–Crippen MR) is 105 cm³/mol. The number of hydrogen-bond donors (Lipinski definition) is 0. The van der Waals surface area contributed by atoms with E-state index in [1.807, 2.05) is 9.80 Å². The molecule has 1 atom stereocenters. The number of anilines is 1. The van der Waals surface area contributed by atoms with E-state index in [1.54, 1.807) is 0 Å². The van der Waals surface area contributed by atoms with Gasteiger partial charge in [0.15, 0.2) is 0 Å². The van der Waals surface area contributed by atoms with Crippen molar-refractivity contribution < 1.29 is 18.0 Å². The number of halogens is 3. The van der Waals surface area contributed by atoms with Crippen LogP contribution in [0, 0.1) is 22.7 Å². The monoisotopic (exact) mass is 420 g/mol. The molecule has 1 saturated carbocycles. The molecule has 1 aromatic heterocycles. The van der Waals surface area contributed by atoms with Gasteiger partial charge in [0, 0.05) is 38.3 Å². The smallest absolute Gasteiger partial charge is 0.356 e. The third-order valence-corrected chi connectivity index (χ3v) is 7.16. The number of pyridine rings is 1. The zero-order valence-electron chi connectivity index (χ0n) is 17.0. The fourth-order valence-corrected chi connectivity index (χ4v) is 5.43. The SMILES string of the molecule is N#CC[C@H]1CC[C@H](N2CC[C@@]3(CCCN(c4ccc(C(F)(F)F)cn4)C3)C2=O)CC1. The topological polar surface area (TPSA) is 60.2 Å². The number of aromatic nitrogens is 1. The highest BCUT2D eigenvalue weighted by molar-refractivity contribution is 5.86. The summed E-state index contributed by atoms with van der Waals surface area (Å²) < 4.78 is 38.5. The van der Waals surface area contributed by atoms with Crippen LogP contribution >= 0.6 is 0 Å². The lowest BCUT2D eigenvalue weighted by atomic mass is 9.78. The molecule has 0 bridgehead atoms. The first-order valence-corrected chi connectivity index (χ1v) is 10.8. The van der Waals surface area contributed by atoms with Gasteiger partial charge in [0.05, 0.1) is 17.0 Å². The lowest BCUT2D eigenvalue weighted by molar-refractivity contribution is -0.139. The Morgan fingerprint density at radius 2 is 1.93 bits per heavy atom. The first-order chi connectivity index (χ1) is 14.3. The number of alkyl halides is 3. The van der Waals surface area contributed by atoms with Crippen molar-refractivity contribution >= 4 is 11.7 Å². The molecule has 162 valence electrons. The molecule has 2 aliphatic heterocycles. The van der Waals surface area contributed by atoms with Gasteiger partial charge in [-0.3, -0.25) is 4.79 Å². The normalized spacial score (nSPS) is 30.0. The Bertz CT molecular complexity index is 811. The lowest BCUT2D eigenvalue weighted by Crippen LogP contribution is -2.50. The number of carbonyl (C=O) groups excluding carboxylic acids is 1. The van der Waals surface area contributed by atoms with Crippen LogP contribution in [0.1, 0.15) is 56.9 Å². The average Bonchev–Trinajstić information content (AvgIpc) is 3.04. The van der Waals surface area contributed by atoms with Crippen LogP contribution in [0.5, 0.6) is 0 Å². The van der Waals surface area contributed by atoms with E-state index in [0.29, 0.717) is 31.2 Å². The van der Waals surface area contributed by atoms with Crippen molar-refractivity contribution in [3.63, 3.8) is 0 Å². The molecule has 3 aliphatic rings. The van der Waals surface area contributed by atoms with E-state index >= 15 is 0 Å². The molecule has 8 heteroatoms. The maximum Gasteiger partial charge on any atom is 0.417 e. The van der Waals surface area contributed by atoms with E-state index in [1.165, 1.54) is 6.07 Å². The van der Waals surface area contributed by atoms with Gasteiger partial charge in [0.1, 0.15) is 5.82 Å². The van der Waals surface area contributed by atoms with Crippen LogP contribution < -0.4 is 4.90 Å². The number of amides is 1. The van der Waals surface area contributed by atoms with Crippen molar-refractivity contribution in [3.8, 4) is 6.07 Å². The summed E-state index contributed by atoms with van der Waals surface area (Å²) in [5, 5.41) is 8.90. The van der Waals surface area contributed by atoms with Gasteiger partial charge in [-0.25, -0.2) is 4.98 Å². The Morgan fingerprint density at radius 3 is 2.57 bits per heavy atom. The van der Waals surface area contributed by atoms with Crippen LogP contribution in [0.4, 0.5) is 19.0 Å². The molecule has 0 radical (unpaired) electrons. The van der Waals surface area contributed by atoms with Crippen LogP contribution in [0.3, 0.4) is 0 Å². The minimum absolute atomic E-state index is 0.197. The van der Waals surface area contributed by atoms with Crippen molar-refractivity contribution in [1.29, 1.82) is 5.26 Å². The highest BCUT2D eigenvalue weighted by Crippen LogP contribution is 2.44. The van der Waals surface area contributed by atoms with Gasteiger partial charge in [0.25, 0.3) is 0 Å². The van der Waals surface area contributed by atoms with Gasteiger partial charge in [0.2, 0.25) is 5.91 Å². The van der Waals surface area contributed by atoms with E-state index in [-0.39, 0.29) is 11.9 Å². The second kappa shape index (κ2) is 8.09. The van der Waals surface area contributed by atoms with Crippen LogP contribution in [0.2, 0.25) is 0 Å². The number of piperidine rings is 1. The molecular formula is C22H27F3N4O. The summed E-state index contributed by atoms with van der Waals surface area (Å²) in [7, 11) is 0. The Labute approximate surface area is 174 Å². The molecule has 3 fully saturated rings. The van der Waals surface area contributed by atoms with Crippen LogP contribution in [-0.4, -0.2) is 41.5 Å². The average molecular weight is 420 g/mol. The van der Waals surface area contributed by atoms with Gasteiger partial charge in [-0.15, -0.1) is 0 Å². The fraction of sp³-hybridized carbons (Fsp3) is 0.682. The Hall–Kier alpha value is -2.30. The van der Waals surface area contributed by atoms with Gasteiger partial charge < -0.3 is 9.80 Å². The predicted octanol–water partition coefficient (Wildman–Crippen LogP) is 4.39. The van der Waals surface area contributed by atoms with Crippen molar-refractivity contribution in [2.75, 3.05) is 24.5 Å². The summed E-state index contributed by atoms with van der Waals surface area (Å²) in [5.41, 5.74) is -1.21. The largest absolute Gasteiger partial charge is 0.417 e. The van der Waals surface area contributed by atoms with Crippen molar-refractivity contribution in [1.82, 2.24) is 9.88 Å². The third-order valence-electron chi connectivity index (χ3n) is 7.16. The second-order valence-electron chi connectivity index (χ2n) is 8.99. The van der Waals surface area contributed by atoms with E-state index in [9.17, 15) is 18.0 Å². The second-order valence-corrected chi connectivity index (χ2v) is 8.99. The standard InChI is InChI=1S/C22H27F3N4O/c23-22(24,25)17-4-7-19(27-14-17)28-12-1-9-21(15-28)10-13-29(20(21)30)18-5-2-16(3-6-18)8-11-26/h4,7,14,16,18H,1-3,5-6,8-10,12-13,15H2/t16-,18-,21-/m1/s1. The summed E-state index contributed by atoms with van der Waals surface area (Å²) in [6.07, 6.45) is 3.42. The number of likely N-dealkylation sites (tertiary alicyclic amines) is 1. The van der Waals surface area contributed by atoms with E-state index in [0.717, 1.165) is 63.8 Å². The van der Waals surface area contributed by atoms with Gasteiger partial charge >= 0.3 is 6.18 Å². The van der Waals surface area contributed by atoms with Crippen LogP contribution in [0.25, 0.3) is 0 Å². The number of nitriles is 1. The summed E-state index contributed by atoms with van der Waals surface area (Å²) in [4.78, 5) is 21.5. The summed E-state index contributed by atoms with van der Waals surface area (Å²) in [6.45, 7) is 1.97. The first kappa shape index (κ1) is 21.0. The van der Waals surface area contributed by atoms with Crippen molar-refractivity contribution in [2.45, 2.75) is 63.6 Å². The summed E-state index contributed by atoms with van der Waals surface area (Å²) in [5.74, 6) is 1.15. The number of rotatable bonds is 3. The zero-order chi connectivity index (χ0) is 21.4. The van der Waals surface area contributed by atoms with E-state index < -0.39 is 17.2 Å². The molecule has 4 rings (SSSR count). The molecule has 30 heavy (non-hydrogen) atoms. The molecule has 0 unspecified atom stereocenters. The number of nitrogens with zero attached hydrogens (tertiary/aromatic N) is 4. The van der Waals surface area contributed by atoms with Gasteiger partial charge in [-0.05, 0) is 63.0 Å². The molecule has 2 saturated heterocycles. The highest BCUT2D eigenvalue weighted by Gasteiger charge is 2.50. The summed E-state index contributed by atoms with van der Waals surface area (Å²) >= 11 is 0. The molecule has 1 spiro atoms. The fourth-order valence-electron chi connectivity index (χ4n) is 5.43. The molecule has 3 heterocycles. The maximum absolute atomic E-state index is 13.4. The maximum atomic E-state index is 13.4. The number of carbonyl (C=O) groups is 1. The van der Waals surface area contributed by atoms with Crippen LogP contribution in [-0.2, 0) is 11.0 Å². The minimum atomic E-state index is -4.40. The van der Waals surface area contributed by atoms with Crippen molar-refractivity contribution in [2.24, 2.45) is 11.3 Å².